The van der Waals surface area contributed by atoms with E-state index in [2.05, 4.69) is 17.1 Å². The van der Waals surface area contributed by atoms with Crippen LogP contribution in [-0.2, 0) is 0 Å². The molecule has 1 rings (SSSR count). The van der Waals surface area contributed by atoms with E-state index in [1.165, 1.54) is 11.3 Å². The van der Waals surface area contributed by atoms with Crippen LogP contribution in [-0.4, -0.2) is 18.0 Å². The van der Waals surface area contributed by atoms with Gasteiger partial charge in [-0.1, -0.05) is 0 Å². The Morgan fingerprint density at radius 1 is 1.50 bits per heavy atom. The molecule has 8 heavy (non-hydrogen) atoms. The van der Waals surface area contributed by atoms with Crippen LogP contribution < -0.4 is 5.59 Å². The highest BCUT2D eigenvalue weighted by atomic mass is 15.1. The molecule has 0 atom stereocenters. The normalized spacial score (nSPS) is 9.75. The van der Waals surface area contributed by atoms with Gasteiger partial charge in [-0.3, -0.25) is 5.10 Å². The van der Waals surface area contributed by atoms with Crippen LogP contribution >= 0.6 is 0 Å². The van der Waals surface area contributed by atoms with Crippen LogP contribution in [0, 0.1) is 13.8 Å². The van der Waals surface area contributed by atoms with Crippen molar-refractivity contribution in [1.29, 1.82) is 0 Å². The number of aryl methyl sites for hydroxylation is 1. The van der Waals surface area contributed by atoms with Crippen molar-refractivity contribution in [1.82, 2.24) is 10.2 Å². The maximum Gasteiger partial charge on any atom is 0.166 e. The first kappa shape index (κ1) is 5.41. The van der Waals surface area contributed by atoms with E-state index in [1.807, 2.05) is 14.8 Å². The molecular formula is C5H9BN2. The third-order valence-electron chi connectivity index (χ3n) is 1.50. The van der Waals surface area contributed by atoms with E-state index in [1.54, 1.807) is 0 Å². The average molecular weight is 108 g/mol. The van der Waals surface area contributed by atoms with Gasteiger partial charge in [0.15, 0.2) is 7.85 Å². The Morgan fingerprint density at radius 2 is 2.12 bits per heavy atom. The van der Waals surface area contributed by atoms with Crippen molar-refractivity contribution in [2.45, 2.75) is 13.8 Å². The molecule has 0 aliphatic rings. The lowest BCUT2D eigenvalue weighted by Gasteiger charge is -1.83. The van der Waals surface area contributed by atoms with Crippen molar-refractivity contribution in [3.05, 3.63) is 11.3 Å². The molecule has 0 saturated carbocycles. The molecule has 0 aromatic carbocycles. The molecule has 0 spiro atoms. The van der Waals surface area contributed by atoms with Gasteiger partial charge in [0.25, 0.3) is 0 Å². The van der Waals surface area contributed by atoms with Crippen molar-refractivity contribution in [2.24, 2.45) is 0 Å². The molecule has 0 fully saturated rings. The fraction of sp³-hybridized carbons (Fsp3) is 0.400. The minimum absolute atomic E-state index is 1.10. The summed E-state index contributed by atoms with van der Waals surface area (Å²) in [4.78, 5) is 0. The molecule has 0 saturated heterocycles. The fourth-order valence-corrected chi connectivity index (χ4v) is 0.607. The first-order valence-electron chi connectivity index (χ1n) is 2.70. The predicted molar refractivity (Wildman–Crippen MR) is 36.2 cm³/mol. The third kappa shape index (κ3) is 0.640. The SMILES string of the molecule is Bc1n[nH]c(C)c1C. The number of rotatable bonds is 0. The maximum atomic E-state index is 3.99. The van der Waals surface area contributed by atoms with Crippen LogP contribution in [0.5, 0.6) is 0 Å². The van der Waals surface area contributed by atoms with Gasteiger partial charge in [-0.2, -0.15) is 5.10 Å². The summed E-state index contributed by atoms with van der Waals surface area (Å²) in [5.74, 6) is 0. The number of nitrogens with one attached hydrogen (secondary N) is 1. The molecule has 1 heterocycles. The first-order chi connectivity index (χ1) is 3.72. The lowest BCUT2D eigenvalue weighted by Crippen LogP contribution is -2.05. The molecule has 0 unspecified atom stereocenters. The zero-order valence-electron chi connectivity index (χ0n) is 5.45. The summed E-state index contributed by atoms with van der Waals surface area (Å²) >= 11 is 0. The highest BCUT2D eigenvalue weighted by Gasteiger charge is 1.96. The van der Waals surface area contributed by atoms with Gasteiger partial charge < -0.3 is 0 Å². The number of H-pyrrole nitrogens is 1. The van der Waals surface area contributed by atoms with Crippen molar-refractivity contribution in [2.75, 3.05) is 0 Å². The molecule has 0 aliphatic carbocycles. The van der Waals surface area contributed by atoms with E-state index >= 15 is 0 Å². The molecule has 42 valence electrons. The van der Waals surface area contributed by atoms with Gasteiger partial charge >= 0.3 is 0 Å². The summed E-state index contributed by atoms with van der Waals surface area (Å²) < 4.78 is 0. The summed E-state index contributed by atoms with van der Waals surface area (Å²) in [7, 11) is 2.00. The Hall–Kier alpha value is -0.725. The van der Waals surface area contributed by atoms with Crippen LogP contribution in [0.15, 0.2) is 0 Å². The van der Waals surface area contributed by atoms with Gasteiger partial charge in [0.2, 0.25) is 0 Å². The van der Waals surface area contributed by atoms with Gasteiger partial charge in [-0.05, 0) is 19.4 Å². The van der Waals surface area contributed by atoms with Crippen LogP contribution in [0.25, 0.3) is 0 Å². The maximum absolute atomic E-state index is 3.99. The Balaban J connectivity index is 3.19. The number of hydrogen-bond donors (Lipinski definition) is 1. The first-order valence-corrected chi connectivity index (χ1v) is 2.70. The highest BCUT2D eigenvalue weighted by molar-refractivity contribution is 6.31. The van der Waals surface area contributed by atoms with Gasteiger partial charge in [-0.15, -0.1) is 0 Å². The van der Waals surface area contributed by atoms with Crippen LogP contribution in [0.1, 0.15) is 11.3 Å². The Labute approximate surface area is 49.7 Å². The highest BCUT2D eigenvalue weighted by Crippen LogP contribution is 1.93. The lowest BCUT2D eigenvalue weighted by molar-refractivity contribution is 1.06. The van der Waals surface area contributed by atoms with E-state index in [0.717, 1.165) is 5.59 Å². The van der Waals surface area contributed by atoms with E-state index in [4.69, 9.17) is 0 Å². The number of aromatic nitrogens is 2. The molecule has 0 bridgehead atoms. The van der Waals surface area contributed by atoms with Gasteiger partial charge in [-0.25, -0.2) is 0 Å². The van der Waals surface area contributed by atoms with Crippen molar-refractivity contribution in [3.8, 4) is 0 Å². The van der Waals surface area contributed by atoms with Crippen molar-refractivity contribution >= 4 is 13.4 Å². The topological polar surface area (TPSA) is 28.7 Å². The molecule has 1 aromatic heterocycles. The minimum Gasteiger partial charge on any atom is -0.283 e. The smallest absolute Gasteiger partial charge is 0.166 e. The number of aromatic amines is 1. The van der Waals surface area contributed by atoms with E-state index in [-0.39, 0.29) is 0 Å². The lowest BCUT2D eigenvalue weighted by atomic mass is 10.00. The quantitative estimate of drug-likeness (QED) is 0.436. The Morgan fingerprint density at radius 3 is 2.25 bits per heavy atom. The van der Waals surface area contributed by atoms with Gasteiger partial charge in [0, 0.05) is 11.3 Å². The number of hydrogen-bond acceptors (Lipinski definition) is 1. The zero-order chi connectivity index (χ0) is 6.15. The predicted octanol–water partition coefficient (Wildman–Crippen LogP) is -0.715. The van der Waals surface area contributed by atoms with E-state index < -0.39 is 0 Å². The summed E-state index contributed by atoms with van der Waals surface area (Å²) in [6.07, 6.45) is 0. The molecule has 0 amide bonds. The molecule has 2 nitrogen and oxygen atoms in total. The van der Waals surface area contributed by atoms with Crippen molar-refractivity contribution < 1.29 is 0 Å². The molecule has 1 aromatic rings. The van der Waals surface area contributed by atoms with E-state index in [0.29, 0.717) is 0 Å². The monoisotopic (exact) mass is 108 g/mol. The second-order valence-electron chi connectivity index (χ2n) is 2.06. The largest absolute Gasteiger partial charge is 0.283 e. The average Bonchev–Trinajstić information content (AvgIpc) is 1.98. The number of nitrogens with zero attached hydrogens (tertiary/aromatic N) is 1. The standard InChI is InChI=1S/C5H9BN2/c1-3-4(2)7-8-5(3)6/h6H2,1-2H3,(H,7,8). The second-order valence-corrected chi connectivity index (χ2v) is 2.06. The fourth-order valence-electron chi connectivity index (χ4n) is 0.607. The second kappa shape index (κ2) is 1.65. The molecular weight excluding hydrogens is 98.9 g/mol. The summed E-state index contributed by atoms with van der Waals surface area (Å²) in [5.41, 5.74) is 3.54. The Kier molecular flexibility index (Phi) is 1.12. The summed E-state index contributed by atoms with van der Waals surface area (Å²) in [6.45, 7) is 4.09. The minimum atomic E-state index is 1.10. The summed E-state index contributed by atoms with van der Waals surface area (Å²) in [5, 5.41) is 6.88. The molecule has 3 heteroatoms. The van der Waals surface area contributed by atoms with Crippen LogP contribution in [0.3, 0.4) is 0 Å². The third-order valence-corrected chi connectivity index (χ3v) is 1.50. The summed E-state index contributed by atoms with van der Waals surface area (Å²) in [6, 6.07) is 0. The molecule has 1 N–H and O–H groups in total. The van der Waals surface area contributed by atoms with E-state index in [9.17, 15) is 0 Å². The Bertz CT molecular complexity index is 173. The van der Waals surface area contributed by atoms with Crippen LogP contribution in [0.2, 0.25) is 0 Å². The van der Waals surface area contributed by atoms with Crippen molar-refractivity contribution in [3.63, 3.8) is 0 Å². The van der Waals surface area contributed by atoms with Gasteiger partial charge in [0.1, 0.15) is 0 Å². The van der Waals surface area contributed by atoms with Crippen LogP contribution in [0.4, 0.5) is 0 Å². The molecule has 0 aliphatic heterocycles. The van der Waals surface area contributed by atoms with Gasteiger partial charge in [0.05, 0.1) is 0 Å². The zero-order valence-corrected chi connectivity index (χ0v) is 5.45. The molecule has 0 radical (unpaired) electrons.